The van der Waals surface area contributed by atoms with Gasteiger partial charge in [-0.2, -0.15) is 0 Å². The Morgan fingerprint density at radius 2 is 1.83 bits per heavy atom. The second-order valence-electron chi connectivity index (χ2n) is 6.53. The number of rotatable bonds is 5. The normalized spacial score (nSPS) is 20.0. The topological polar surface area (TPSA) is 32.3 Å². The van der Waals surface area contributed by atoms with Crippen molar-refractivity contribution in [2.24, 2.45) is 0 Å². The maximum absolute atomic E-state index is 13.0. The van der Waals surface area contributed by atoms with E-state index >= 15 is 0 Å². The summed E-state index contributed by atoms with van der Waals surface area (Å²) in [6, 6.07) is 8.79. The quantitative estimate of drug-likeness (QED) is 0.850. The van der Waals surface area contributed by atoms with Gasteiger partial charge in [0.2, 0.25) is 0 Å². The van der Waals surface area contributed by atoms with Crippen molar-refractivity contribution in [3.63, 3.8) is 0 Å². The number of carbonyl (C=O) groups excluding carboxylic acids is 1. The van der Waals surface area contributed by atoms with E-state index in [4.69, 9.17) is 0 Å². The molecule has 1 amide bonds. The highest BCUT2D eigenvalue weighted by molar-refractivity contribution is 8.16. The van der Waals surface area contributed by atoms with Crippen molar-refractivity contribution in [1.29, 1.82) is 0 Å². The van der Waals surface area contributed by atoms with Crippen LogP contribution in [0.4, 0.5) is 0 Å². The zero-order valence-corrected chi connectivity index (χ0v) is 16.1. The SMILES string of the molecule is CCCN(C(=O)c1ccc(C2SCCCS2)cc1)C1CCNCC1. The monoisotopic (exact) mass is 364 g/mol. The van der Waals surface area contributed by atoms with Gasteiger partial charge in [0, 0.05) is 18.2 Å². The van der Waals surface area contributed by atoms with Gasteiger partial charge in [0.15, 0.2) is 0 Å². The van der Waals surface area contributed by atoms with Crippen molar-refractivity contribution in [1.82, 2.24) is 10.2 Å². The number of benzene rings is 1. The molecule has 0 radical (unpaired) electrons. The van der Waals surface area contributed by atoms with Gasteiger partial charge < -0.3 is 10.2 Å². The summed E-state index contributed by atoms with van der Waals surface area (Å²) >= 11 is 4.06. The van der Waals surface area contributed by atoms with Gasteiger partial charge in [0.1, 0.15) is 0 Å². The fourth-order valence-electron chi connectivity index (χ4n) is 3.44. The van der Waals surface area contributed by atoms with Crippen LogP contribution in [0, 0.1) is 0 Å². The van der Waals surface area contributed by atoms with Crippen LogP contribution in [0.2, 0.25) is 0 Å². The Balaban J connectivity index is 1.69. The minimum Gasteiger partial charge on any atom is -0.336 e. The average molecular weight is 365 g/mol. The lowest BCUT2D eigenvalue weighted by atomic mass is 10.0. The molecule has 0 bridgehead atoms. The van der Waals surface area contributed by atoms with Crippen LogP contribution in [0.3, 0.4) is 0 Å². The van der Waals surface area contributed by atoms with Crippen molar-refractivity contribution in [2.75, 3.05) is 31.1 Å². The van der Waals surface area contributed by atoms with E-state index < -0.39 is 0 Å². The molecular weight excluding hydrogens is 336 g/mol. The fourth-order valence-corrected chi connectivity index (χ4v) is 6.33. The zero-order chi connectivity index (χ0) is 16.8. The maximum atomic E-state index is 13.0. The van der Waals surface area contributed by atoms with Crippen LogP contribution in [0.15, 0.2) is 24.3 Å². The molecule has 0 atom stereocenters. The van der Waals surface area contributed by atoms with Crippen LogP contribution in [-0.4, -0.2) is 48.0 Å². The Bertz CT molecular complexity index is 523. The smallest absolute Gasteiger partial charge is 0.254 e. The predicted octanol–water partition coefficient (Wildman–Crippen LogP) is 4.16. The van der Waals surface area contributed by atoms with E-state index in [9.17, 15) is 4.79 Å². The molecule has 2 aliphatic rings. The molecule has 0 spiro atoms. The number of nitrogens with zero attached hydrogens (tertiary/aromatic N) is 1. The molecule has 1 N–H and O–H groups in total. The lowest BCUT2D eigenvalue weighted by Crippen LogP contribution is -2.46. The standard InChI is InChI=1S/C19H28N2OS2/c1-2-12-21(17-8-10-20-11-9-17)18(22)15-4-6-16(7-5-15)19-23-13-3-14-24-19/h4-7,17,19-20H,2-3,8-14H2,1H3. The lowest BCUT2D eigenvalue weighted by molar-refractivity contribution is 0.0642. The Morgan fingerprint density at radius 3 is 2.46 bits per heavy atom. The van der Waals surface area contributed by atoms with Crippen molar-refractivity contribution < 1.29 is 4.79 Å². The first-order valence-electron chi connectivity index (χ1n) is 9.14. The molecule has 2 fully saturated rings. The van der Waals surface area contributed by atoms with Gasteiger partial charge in [-0.3, -0.25) is 4.79 Å². The first-order valence-corrected chi connectivity index (χ1v) is 11.2. The van der Waals surface area contributed by atoms with E-state index in [1.165, 1.54) is 23.5 Å². The third-order valence-electron chi connectivity index (χ3n) is 4.73. The van der Waals surface area contributed by atoms with Gasteiger partial charge in [-0.05, 0) is 68.0 Å². The minimum absolute atomic E-state index is 0.208. The van der Waals surface area contributed by atoms with Gasteiger partial charge in [-0.15, -0.1) is 23.5 Å². The third-order valence-corrected chi connectivity index (χ3v) is 7.75. The first kappa shape index (κ1) is 18.2. The van der Waals surface area contributed by atoms with Crippen LogP contribution in [0.5, 0.6) is 0 Å². The summed E-state index contributed by atoms with van der Waals surface area (Å²) in [6.45, 7) is 5.06. The summed E-state index contributed by atoms with van der Waals surface area (Å²) in [7, 11) is 0. The van der Waals surface area contributed by atoms with E-state index in [1.54, 1.807) is 0 Å². The van der Waals surface area contributed by atoms with E-state index in [0.717, 1.165) is 44.5 Å². The molecule has 1 aromatic rings. The maximum Gasteiger partial charge on any atom is 0.254 e. The number of nitrogens with one attached hydrogen (secondary N) is 1. The molecule has 2 saturated heterocycles. The molecule has 1 aromatic carbocycles. The van der Waals surface area contributed by atoms with Crippen molar-refractivity contribution in [3.05, 3.63) is 35.4 Å². The molecular formula is C19H28N2OS2. The second-order valence-corrected chi connectivity index (χ2v) is 9.25. The molecule has 5 heteroatoms. The highest BCUT2D eigenvalue weighted by atomic mass is 32.2. The predicted molar refractivity (Wildman–Crippen MR) is 106 cm³/mol. The molecule has 0 unspecified atom stereocenters. The van der Waals surface area contributed by atoms with E-state index in [1.807, 2.05) is 35.7 Å². The lowest BCUT2D eigenvalue weighted by Gasteiger charge is -2.34. The summed E-state index contributed by atoms with van der Waals surface area (Å²) in [4.78, 5) is 15.1. The van der Waals surface area contributed by atoms with E-state index in [2.05, 4.69) is 29.3 Å². The Morgan fingerprint density at radius 1 is 1.17 bits per heavy atom. The largest absolute Gasteiger partial charge is 0.336 e. The number of thioether (sulfide) groups is 2. The van der Waals surface area contributed by atoms with Gasteiger partial charge in [-0.25, -0.2) is 0 Å². The molecule has 24 heavy (non-hydrogen) atoms. The Hall–Kier alpha value is -0.650. The van der Waals surface area contributed by atoms with Gasteiger partial charge >= 0.3 is 0 Å². The average Bonchev–Trinajstić information content (AvgIpc) is 2.67. The van der Waals surface area contributed by atoms with Gasteiger partial charge in [-0.1, -0.05) is 19.1 Å². The molecule has 0 aromatic heterocycles. The molecule has 3 rings (SSSR count). The summed E-state index contributed by atoms with van der Waals surface area (Å²) in [5.41, 5.74) is 2.20. The van der Waals surface area contributed by atoms with Crippen molar-refractivity contribution in [3.8, 4) is 0 Å². The minimum atomic E-state index is 0.208. The number of amides is 1. The molecule has 0 aliphatic carbocycles. The highest BCUT2D eigenvalue weighted by Crippen LogP contribution is 2.43. The first-order chi connectivity index (χ1) is 11.8. The van der Waals surface area contributed by atoms with Crippen LogP contribution in [0.25, 0.3) is 0 Å². The van der Waals surface area contributed by atoms with Crippen LogP contribution < -0.4 is 5.32 Å². The van der Waals surface area contributed by atoms with Crippen molar-refractivity contribution >= 4 is 29.4 Å². The van der Waals surface area contributed by atoms with Crippen LogP contribution in [-0.2, 0) is 0 Å². The van der Waals surface area contributed by atoms with E-state index in [-0.39, 0.29) is 5.91 Å². The summed E-state index contributed by atoms with van der Waals surface area (Å²) in [6.07, 6.45) is 4.46. The van der Waals surface area contributed by atoms with Crippen LogP contribution in [0.1, 0.15) is 53.1 Å². The van der Waals surface area contributed by atoms with Gasteiger partial charge in [0.25, 0.3) is 5.91 Å². The second kappa shape index (κ2) is 9.16. The Kier molecular flexibility index (Phi) is 6.93. The number of carbonyl (C=O) groups is 1. The molecule has 2 aliphatic heterocycles. The summed E-state index contributed by atoms with van der Waals surface area (Å²) < 4.78 is 0.541. The summed E-state index contributed by atoms with van der Waals surface area (Å²) in [5.74, 6) is 2.70. The zero-order valence-electron chi connectivity index (χ0n) is 14.5. The fraction of sp³-hybridized carbons (Fsp3) is 0.632. The number of piperidine rings is 1. The Labute approximate surface area is 154 Å². The van der Waals surface area contributed by atoms with Crippen molar-refractivity contribution in [2.45, 2.75) is 43.2 Å². The van der Waals surface area contributed by atoms with Gasteiger partial charge in [0.05, 0.1) is 4.58 Å². The third kappa shape index (κ3) is 4.50. The molecule has 2 heterocycles. The molecule has 132 valence electrons. The molecule has 0 saturated carbocycles. The number of hydrogen-bond acceptors (Lipinski definition) is 4. The summed E-state index contributed by atoms with van der Waals surface area (Å²) in [5, 5.41) is 3.39. The highest BCUT2D eigenvalue weighted by Gasteiger charge is 2.26. The van der Waals surface area contributed by atoms with E-state index in [0.29, 0.717) is 10.6 Å². The van der Waals surface area contributed by atoms with Crippen LogP contribution >= 0.6 is 23.5 Å². The number of hydrogen-bond donors (Lipinski definition) is 1. The molecule has 3 nitrogen and oxygen atoms in total.